The minimum absolute atomic E-state index is 0.00815. The number of carboxylic acids is 1. The molecule has 3 aromatic rings. The Labute approximate surface area is 168 Å². The van der Waals surface area contributed by atoms with Crippen LogP contribution in [0.25, 0.3) is 17.4 Å². The lowest BCUT2D eigenvalue weighted by Gasteiger charge is -2.13. The van der Waals surface area contributed by atoms with Crippen molar-refractivity contribution in [2.24, 2.45) is 0 Å². The summed E-state index contributed by atoms with van der Waals surface area (Å²) in [4.78, 5) is 25.3. The van der Waals surface area contributed by atoms with Crippen LogP contribution in [0.5, 0.6) is 0 Å². The third kappa shape index (κ3) is 3.70. The van der Waals surface area contributed by atoms with Crippen LogP contribution >= 0.6 is 11.8 Å². The predicted molar refractivity (Wildman–Crippen MR) is 108 cm³/mol. The summed E-state index contributed by atoms with van der Waals surface area (Å²) in [7, 11) is 0. The van der Waals surface area contributed by atoms with Crippen LogP contribution in [-0.2, 0) is 4.79 Å². The van der Waals surface area contributed by atoms with E-state index in [9.17, 15) is 14.0 Å². The second-order valence-electron chi connectivity index (χ2n) is 6.12. The van der Waals surface area contributed by atoms with Crippen molar-refractivity contribution >= 4 is 40.6 Å². The molecule has 0 saturated carbocycles. The topological polar surface area (TPSA) is 94.6 Å². The summed E-state index contributed by atoms with van der Waals surface area (Å²) in [5.74, 6) is -1.01. The van der Waals surface area contributed by atoms with E-state index in [2.05, 4.69) is 0 Å². The molecule has 2 N–H and O–H groups in total. The molecule has 1 aliphatic rings. The van der Waals surface area contributed by atoms with Gasteiger partial charge >= 0.3 is 5.97 Å². The number of amidine groups is 1. The van der Waals surface area contributed by atoms with E-state index >= 15 is 0 Å². The first-order chi connectivity index (χ1) is 13.9. The van der Waals surface area contributed by atoms with Crippen LogP contribution < -0.4 is 4.90 Å². The monoisotopic (exact) mass is 408 g/mol. The Morgan fingerprint density at radius 1 is 1.14 bits per heavy atom. The maximum Gasteiger partial charge on any atom is 0.335 e. The number of halogens is 1. The Hall–Kier alpha value is -3.65. The molecule has 2 aromatic carbocycles. The lowest BCUT2D eigenvalue weighted by atomic mass is 10.1. The highest BCUT2D eigenvalue weighted by Gasteiger charge is 2.33. The van der Waals surface area contributed by atoms with Crippen molar-refractivity contribution in [2.75, 3.05) is 4.90 Å². The Kier molecular flexibility index (Phi) is 4.77. The van der Waals surface area contributed by atoms with E-state index in [1.165, 1.54) is 47.4 Å². The molecule has 6 nitrogen and oxygen atoms in total. The van der Waals surface area contributed by atoms with Gasteiger partial charge in [-0.05, 0) is 60.3 Å². The molecule has 1 aliphatic heterocycles. The van der Waals surface area contributed by atoms with Gasteiger partial charge in [0.25, 0.3) is 5.91 Å². The SMILES string of the molecule is N=C1S/C(=C\c2ccc(-c3cccc(C(=O)O)c3)o2)C(=O)N1c1ccc(F)cc1. The lowest BCUT2D eigenvalue weighted by molar-refractivity contribution is -0.113. The third-order valence-electron chi connectivity index (χ3n) is 4.20. The molecule has 0 atom stereocenters. The second-order valence-corrected chi connectivity index (χ2v) is 7.15. The van der Waals surface area contributed by atoms with Crippen LogP contribution in [0.15, 0.2) is 70.0 Å². The van der Waals surface area contributed by atoms with Crippen molar-refractivity contribution in [1.82, 2.24) is 0 Å². The zero-order valence-corrected chi connectivity index (χ0v) is 15.6. The average molecular weight is 408 g/mol. The summed E-state index contributed by atoms with van der Waals surface area (Å²) in [6, 6.07) is 15.0. The first-order valence-electron chi connectivity index (χ1n) is 8.44. The van der Waals surface area contributed by atoms with Gasteiger partial charge < -0.3 is 9.52 Å². The van der Waals surface area contributed by atoms with Crippen LogP contribution in [-0.4, -0.2) is 22.2 Å². The highest BCUT2D eigenvalue weighted by atomic mass is 32.2. The molecule has 1 aromatic heterocycles. The first-order valence-corrected chi connectivity index (χ1v) is 9.26. The summed E-state index contributed by atoms with van der Waals surface area (Å²) < 4.78 is 18.9. The van der Waals surface area contributed by atoms with E-state index in [4.69, 9.17) is 14.9 Å². The summed E-state index contributed by atoms with van der Waals surface area (Å²) >= 11 is 0.976. The van der Waals surface area contributed by atoms with Gasteiger partial charge in [-0.25, -0.2) is 9.18 Å². The zero-order chi connectivity index (χ0) is 20.5. The summed E-state index contributed by atoms with van der Waals surface area (Å²) in [6.07, 6.45) is 1.52. The Morgan fingerprint density at radius 2 is 1.90 bits per heavy atom. The van der Waals surface area contributed by atoms with Gasteiger partial charge in [-0.1, -0.05) is 12.1 Å². The number of anilines is 1. The minimum Gasteiger partial charge on any atom is -0.478 e. The predicted octanol–water partition coefficient (Wildman–Crippen LogP) is 4.84. The molecule has 144 valence electrons. The fourth-order valence-corrected chi connectivity index (χ4v) is 3.67. The van der Waals surface area contributed by atoms with Gasteiger partial charge in [0, 0.05) is 11.6 Å². The molecule has 0 radical (unpaired) electrons. The van der Waals surface area contributed by atoms with E-state index in [0.29, 0.717) is 27.7 Å². The van der Waals surface area contributed by atoms with E-state index in [1.807, 2.05) is 0 Å². The van der Waals surface area contributed by atoms with Gasteiger partial charge in [-0.2, -0.15) is 0 Å². The molecule has 1 fully saturated rings. The van der Waals surface area contributed by atoms with Gasteiger partial charge in [-0.15, -0.1) is 0 Å². The average Bonchev–Trinajstić information content (AvgIpc) is 3.28. The van der Waals surface area contributed by atoms with Crippen LogP contribution in [0, 0.1) is 11.2 Å². The maximum atomic E-state index is 13.1. The first kappa shape index (κ1) is 18.7. The molecule has 1 saturated heterocycles. The number of hydrogen-bond acceptors (Lipinski definition) is 5. The van der Waals surface area contributed by atoms with Crippen molar-refractivity contribution in [3.8, 4) is 11.3 Å². The number of carboxylic acid groups (broad SMARTS) is 1. The van der Waals surface area contributed by atoms with Gasteiger partial charge in [0.1, 0.15) is 17.3 Å². The second kappa shape index (κ2) is 7.40. The highest BCUT2D eigenvalue weighted by Crippen LogP contribution is 2.36. The number of amides is 1. The summed E-state index contributed by atoms with van der Waals surface area (Å²) in [6.45, 7) is 0. The van der Waals surface area contributed by atoms with Crippen molar-refractivity contribution in [1.29, 1.82) is 5.41 Å². The molecular formula is C21H13FN2O4S. The fraction of sp³-hybridized carbons (Fsp3) is 0. The number of benzene rings is 2. The number of nitrogens with zero attached hydrogens (tertiary/aromatic N) is 1. The van der Waals surface area contributed by atoms with Crippen molar-refractivity contribution in [2.45, 2.75) is 0 Å². The van der Waals surface area contributed by atoms with E-state index < -0.39 is 17.7 Å². The largest absolute Gasteiger partial charge is 0.478 e. The maximum absolute atomic E-state index is 13.1. The van der Waals surface area contributed by atoms with E-state index in [1.54, 1.807) is 24.3 Å². The number of rotatable bonds is 4. The van der Waals surface area contributed by atoms with Gasteiger partial charge in [0.2, 0.25) is 0 Å². The molecule has 0 unspecified atom stereocenters. The standard InChI is InChI=1S/C21H13FN2O4S/c22-14-4-6-15(7-5-14)24-19(25)18(29-21(24)23)11-16-8-9-17(28-16)12-2-1-3-13(10-12)20(26)27/h1-11,23H,(H,26,27)/b18-11-,23-21?. The van der Waals surface area contributed by atoms with Gasteiger partial charge in [0.05, 0.1) is 16.2 Å². The number of furan rings is 1. The summed E-state index contributed by atoms with van der Waals surface area (Å²) in [5.41, 5.74) is 1.15. The molecule has 0 aliphatic carbocycles. The fourth-order valence-electron chi connectivity index (χ4n) is 2.83. The van der Waals surface area contributed by atoms with Crippen LogP contribution in [0.3, 0.4) is 0 Å². The number of aromatic carboxylic acids is 1. The Morgan fingerprint density at radius 3 is 2.62 bits per heavy atom. The van der Waals surface area contributed by atoms with Crippen LogP contribution in [0.4, 0.5) is 10.1 Å². The van der Waals surface area contributed by atoms with Gasteiger partial charge in [0.15, 0.2) is 5.17 Å². The minimum atomic E-state index is -1.03. The third-order valence-corrected chi connectivity index (χ3v) is 5.09. The van der Waals surface area contributed by atoms with Crippen molar-refractivity contribution < 1.29 is 23.5 Å². The van der Waals surface area contributed by atoms with E-state index in [-0.39, 0.29) is 10.7 Å². The zero-order valence-electron chi connectivity index (χ0n) is 14.8. The molecule has 2 heterocycles. The molecular weight excluding hydrogens is 395 g/mol. The quantitative estimate of drug-likeness (QED) is 0.603. The molecule has 0 spiro atoms. The Bertz CT molecular complexity index is 1170. The highest BCUT2D eigenvalue weighted by molar-refractivity contribution is 8.19. The normalized spacial score (nSPS) is 15.3. The molecule has 0 bridgehead atoms. The number of carbonyl (C=O) groups is 2. The number of hydrogen-bond donors (Lipinski definition) is 2. The molecule has 1 amide bonds. The van der Waals surface area contributed by atoms with Crippen molar-refractivity contribution in [3.63, 3.8) is 0 Å². The number of thioether (sulfide) groups is 1. The van der Waals surface area contributed by atoms with Crippen molar-refractivity contribution in [3.05, 3.63) is 82.7 Å². The van der Waals surface area contributed by atoms with Crippen LogP contribution in [0.1, 0.15) is 16.1 Å². The van der Waals surface area contributed by atoms with Gasteiger partial charge in [-0.3, -0.25) is 15.1 Å². The smallest absolute Gasteiger partial charge is 0.335 e. The lowest BCUT2D eigenvalue weighted by Crippen LogP contribution is -2.28. The summed E-state index contributed by atoms with van der Waals surface area (Å²) in [5, 5.41) is 17.2. The number of nitrogens with one attached hydrogen (secondary N) is 1. The Balaban J connectivity index is 1.60. The van der Waals surface area contributed by atoms with E-state index in [0.717, 1.165) is 11.8 Å². The molecule has 29 heavy (non-hydrogen) atoms. The molecule has 8 heteroatoms. The van der Waals surface area contributed by atoms with Crippen LogP contribution in [0.2, 0.25) is 0 Å². The number of carbonyl (C=O) groups excluding carboxylic acids is 1. The molecule has 4 rings (SSSR count).